The molecule has 1 heterocycles. The molecular weight excluding hydrogens is 247 g/mol. The zero-order valence-electron chi connectivity index (χ0n) is 7.79. The molecule has 14 heavy (non-hydrogen) atoms. The van der Waals surface area contributed by atoms with Crippen molar-refractivity contribution in [3.05, 3.63) is 16.4 Å². The van der Waals surface area contributed by atoms with Gasteiger partial charge in [-0.3, -0.25) is 4.68 Å². The SMILES string of the molecule is CCc1nn(C)c(CS(=O)(=O)Cl)c1Cl. The van der Waals surface area contributed by atoms with Crippen LogP contribution in [0.4, 0.5) is 0 Å². The molecule has 0 aliphatic carbocycles. The Morgan fingerprint density at radius 3 is 2.43 bits per heavy atom. The van der Waals surface area contributed by atoms with Crippen LogP contribution in [0.3, 0.4) is 0 Å². The van der Waals surface area contributed by atoms with Crippen molar-refractivity contribution in [2.24, 2.45) is 7.05 Å². The summed E-state index contributed by atoms with van der Waals surface area (Å²) in [6.07, 6.45) is 0.662. The molecule has 1 aromatic heterocycles. The Bertz CT molecular complexity index is 439. The van der Waals surface area contributed by atoms with Gasteiger partial charge < -0.3 is 0 Å². The van der Waals surface area contributed by atoms with Gasteiger partial charge in [-0.25, -0.2) is 8.42 Å². The Morgan fingerprint density at radius 2 is 2.07 bits per heavy atom. The van der Waals surface area contributed by atoms with E-state index in [1.54, 1.807) is 7.05 Å². The fourth-order valence-corrected chi connectivity index (χ4v) is 2.55. The molecule has 0 spiro atoms. The molecule has 0 aliphatic rings. The summed E-state index contributed by atoms with van der Waals surface area (Å²) in [5.74, 6) is -0.295. The van der Waals surface area contributed by atoms with E-state index in [2.05, 4.69) is 5.10 Å². The summed E-state index contributed by atoms with van der Waals surface area (Å²) in [5, 5.41) is 4.46. The van der Waals surface area contributed by atoms with Crippen LogP contribution in [0.25, 0.3) is 0 Å². The number of rotatable bonds is 3. The summed E-state index contributed by atoms with van der Waals surface area (Å²) >= 11 is 5.93. The molecule has 4 nitrogen and oxygen atoms in total. The number of halogens is 2. The quantitative estimate of drug-likeness (QED) is 0.774. The molecule has 0 unspecified atom stereocenters. The Morgan fingerprint density at radius 1 is 1.50 bits per heavy atom. The molecule has 80 valence electrons. The Kier molecular flexibility index (Phi) is 3.44. The predicted molar refractivity (Wildman–Crippen MR) is 56.1 cm³/mol. The summed E-state index contributed by atoms with van der Waals surface area (Å²) in [4.78, 5) is 0. The predicted octanol–water partition coefficient (Wildman–Crippen LogP) is 1.70. The van der Waals surface area contributed by atoms with Crippen molar-refractivity contribution in [2.75, 3.05) is 0 Å². The van der Waals surface area contributed by atoms with Crippen LogP contribution < -0.4 is 0 Å². The smallest absolute Gasteiger partial charge is 0.238 e. The molecule has 0 saturated heterocycles. The van der Waals surface area contributed by atoms with Gasteiger partial charge in [0.15, 0.2) is 0 Å². The number of hydrogen-bond acceptors (Lipinski definition) is 3. The maximum Gasteiger partial charge on any atom is 0.238 e. The fraction of sp³-hybridized carbons (Fsp3) is 0.571. The van der Waals surface area contributed by atoms with Crippen molar-refractivity contribution in [2.45, 2.75) is 19.1 Å². The summed E-state index contributed by atoms with van der Waals surface area (Å²) in [6, 6.07) is 0. The Labute approximate surface area is 92.2 Å². The molecule has 1 rings (SSSR count). The second-order valence-electron chi connectivity index (χ2n) is 2.87. The van der Waals surface area contributed by atoms with E-state index in [0.29, 0.717) is 22.8 Å². The zero-order chi connectivity index (χ0) is 10.9. The van der Waals surface area contributed by atoms with E-state index in [-0.39, 0.29) is 5.75 Å². The first-order valence-corrected chi connectivity index (χ1v) is 6.83. The summed E-state index contributed by atoms with van der Waals surface area (Å²) in [6.45, 7) is 1.90. The van der Waals surface area contributed by atoms with Crippen LogP contribution in [0.1, 0.15) is 18.3 Å². The normalized spacial score (nSPS) is 12.0. The lowest BCUT2D eigenvalue weighted by Gasteiger charge is -1.98. The largest absolute Gasteiger partial charge is 0.270 e. The van der Waals surface area contributed by atoms with Crippen LogP contribution >= 0.6 is 22.3 Å². The van der Waals surface area contributed by atoms with E-state index >= 15 is 0 Å². The first kappa shape index (κ1) is 11.8. The van der Waals surface area contributed by atoms with Crippen molar-refractivity contribution in [1.29, 1.82) is 0 Å². The molecule has 0 amide bonds. The van der Waals surface area contributed by atoms with Crippen LogP contribution in [-0.2, 0) is 28.3 Å². The molecule has 0 saturated carbocycles. The third kappa shape index (κ3) is 2.62. The first-order valence-electron chi connectivity index (χ1n) is 3.97. The number of aryl methyl sites for hydroxylation is 2. The lowest BCUT2D eigenvalue weighted by molar-refractivity contribution is 0.605. The molecule has 0 N–H and O–H groups in total. The molecule has 0 radical (unpaired) electrons. The number of hydrogen-bond donors (Lipinski definition) is 0. The lowest BCUT2D eigenvalue weighted by Crippen LogP contribution is -2.03. The van der Waals surface area contributed by atoms with E-state index in [1.165, 1.54) is 4.68 Å². The van der Waals surface area contributed by atoms with Crippen LogP contribution in [0.15, 0.2) is 0 Å². The van der Waals surface area contributed by atoms with E-state index in [0.717, 1.165) is 0 Å². The van der Waals surface area contributed by atoms with Gasteiger partial charge in [-0.15, -0.1) is 0 Å². The third-order valence-electron chi connectivity index (χ3n) is 1.81. The molecule has 0 fully saturated rings. The van der Waals surface area contributed by atoms with Crippen LogP contribution in [0, 0.1) is 0 Å². The van der Waals surface area contributed by atoms with Crippen molar-refractivity contribution in [1.82, 2.24) is 9.78 Å². The lowest BCUT2D eigenvalue weighted by atomic mass is 10.3. The second kappa shape index (κ2) is 4.08. The molecule has 1 aromatic rings. The topological polar surface area (TPSA) is 52.0 Å². The van der Waals surface area contributed by atoms with Gasteiger partial charge in [-0.2, -0.15) is 5.10 Å². The van der Waals surface area contributed by atoms with E-state index in [4.69, 9.17) is 22.3 Å². The third-order valence-corrected chi connectivity index (χ3v) is 3.19. The minimum atomic E-state index is -3.59. The molecular formula is C7H10Cl2N2O2S. The van der Waals surface area contributed by atoms with Crippen LogP contribution in [0.5, 0.6) is 0 Å². The van der Waals surface area contributed by atoms with Crippen molar-refractivity contribution < 1.29 is 8.42 Å². The molecule has 0 aromatic carbocycles. The highest BCUT2D eigenvalue weighted by Gasteiger charge is 2.18. The van der Waals surface area contributed by atoms with Crippen LogP contribution in [0.2, 0.25) is 5.02 Å². The molecule has 7 heteroatoms. The monoisotopic (exact) mass is 256 g/mol. The highest BCUT2D eigenvalue weighted by atomic mass is 35.7. The standard InChI is InChI=1S/C7H10Cl2N2O2S/c1-3-5-7(8)6(11(2)10-5)4-14(9,12)13/h3-4H2,1-2H3. The Balaban J connectivity index is 3.15. The summed E-state index contributed by atoms with van der Waals surface area (Å²) in [5.41, 5.74) is 1.11. The maximum atomic E-state index is 10.9. The second-order valence-corrected chi connectivity index (χ2v) is 6.02. The number of nitrogens with zero attached hydrogens (tertiary/aromatic N) is 2. The summed E-state index contributed by atoms with van der Waals surface area (Å²) < 4.78 is 23.2. The van der Waals surface area contributed by atoms with Gasteiger partial charge in [0.25, 0.3) is 0 Å². The van der Waals surface area contributed by atoms with Crippen molar-refractivity contribution >= 4 is 31.3 Å². The summed E-state index contributed by atoms with van der Waals surface area (Å²) in [7, 11) is 3.19. The van der Waals surface area contributed by atoms with E-state index in [9.17, 15) is 8.42 Å². The average Bonchev–Trinajstić information content (AvgIpc) is 2.29. The van der Waals surface area contributed by atoms with Crippen molar-refractivity contribution in [3.8, 4) is 0 Å². The van der Waals surface area contributed by atoms with Gasteiger partial charge in [0.2, 0.25) is 9.05 Å². The van der Waals surface area contributed by atoms with E-state index < -0.39 is 9.05 Å². The number of aromatic nitrogens is 2. The maximum absolute atomic E-state index is 10.9. The van der Waals surface area contributed by atoms with E-state index in [1.807, 2.05) is 6.92 Å². The zero-order valence-corrected chi connectivity index (χ0v) is 10.1. The average molecular weight is 257 g/mol. The van der Waals surface area contributed by atoms with Gasteiger partial charge in [0, 0.05) is 17.7 Å². The van der Waals surface area contributed by atoms with Crippen molar-refractivity contribution in [3.63, 3.8) is 0 Å². The first-order chi connectivity index (χ1) is 6.35. The minimum Gasteiger partial charge on any atom is -0.270 e. The van der Waals surface area contributed by atoms with Gasteiger partial charge >= 0.3 is 0 Å². The van der Waals surface area contributed by atoms with Gasteiger partial charge in [0.05, 0.1) is 16.4 Å². The highest BCUT2D eigenvalue weighted by molar-refractivity contribution is 8.13. The minimum absolute atomic E-state index is 0.295. The van der Waals surface area contributed by atoms with Gasteiger partial charge in [0.1, 0.15) is 5.75 Å². The highest BCUT2D eigenvalue weighted by Crippen LogP contribution is 2.23. The molecule has 0 aliphatic heterocycles. The molecule has 0 atom stereocenters. The van der Waals surface area contributed by atoms with Crippen LogP contribution in [-0.4, -0.2) is 18.2 Å². The fourth-order valence-electron chi connectivity index (χ4n) is 1.14. The molecule has 0 bridgehead atoms. The van der Waals surface area contributed by atoms with Gasteiger partial charge in [-0.1, -0.05) is 18.5 Å². The van der Waals surface area contributed by atoms with Gasteiger partial charge in [-0.05, 0) is 6.42 Å². The Hall–Kier alpha value is -0.260.